The average molecular weight is 374 g/mol. The van der Waals surface area contributed by atoms with Crippen LogP contribution in [-0.4, -0.2) is 5.91 Å². The van der Waals surface area contributed by atoms with Crippen LogP contribution >= 0.6 is 38.9 Å². The van der Waals surface area contributed by atoms with Gasteiger partial charge in [0.25, 0.3) is 0 Å². The van der Waals surface area contributed by atoms with Crippen molar-refractivity contribution in [2.45, 2.75) is 19.9 Å². The van der Waals surface area contributed by atoms with Crippen molar-refractivity contribution in [3.05, 3.63) is 44.0 Å². The summed E-state index contributed by atoms with van der Waals surface area (Å²) in [5.74, 6) is 0.0103. The van der Waals surface area contributed by atoms with Gasteiger partial charge in [0.2, 0.25) is 5.91 Å². The Morgan fingerprint density at radius 3 is 2.75 bits per heavy atom. The SMILES string of the molecule is CCC(=O)Nc1cccc(NCc2cc(Br)c(Cl)s2)c1. The molecule has 1 heterocycles. The maximum Gasteiger partial charge on any atom is 0.224 e. The zero-order valence-electron chi connectivity index (χ0n) is 10.9. The van der Waals surface area contributed by atoms with Crippen LogP contribution in [0.4, 0.5) is 11.4 Å². The molecule has 0 bridgehead atoms. The Labute approximate surface area is 135 Å². The molecule has 0 aliphatic carbocycles. The van der Waals surface area contributed by atoms with E-state index in [9.17, 15) is 4.79 Å². The van der Waals surface area contributed by atoms with E-state index in [4.69, 9.17) is 11.6 Å². The van der Waals surface area contributed by atoms with E-state index in [0.717, 1.165) is 25.1 Å². The molecule has 0 unspecified atom stereocenters. The summed E-state index contributed by atoms with van der Waals surface area (Å²) in [5, 5.41) is 6.15. The van der Waals surface area contributed by atoms with Crippen LogP contribution in [-0.2, 0) is 11.3 Å². The minimum Gasteiger partial charge on any atom is -0.380 e. The standard InChI is InChI=1S/C14H14BrClN2OS/c1-2-13(19)18-10-5-3-4-9(6-10)17-8-11-7-12(15)14(16)20-11/h3-7,17H,2,8H2,1H3,(H,18,19). The Morgan fingerprint density at radius 1 is 1.35 bits per heavy atom. The van der Waals surface area contributed by atoms with Crippen molar-refractivity contribution in [1.29, 1.82) is 0 Å². The fourth-order valence-corrected chi connectivity index (χ4v) is 3.35. The first-order valence-electron chi connectivity index (χ1n) is 6.16. The lowest BCUT2D eigenvalue weighted by molar-refractivity contribution is -0.115. The predicted octanol–water partition coefficient (Wildman–Crippen LogP) is 5.12. The summed E-state index contributed by atoms with van der Waals surface area (Å²) in [6, 6.07) is 9.66. The van der Waals surface area contributed by atoms with Crippen molar-refractivity contribution in [2.24, 2.45) is 0 Å². The van der Waals surface area contributed by atoms with Gasteiger partial charge in [-0.05, 0) is 40.2 Å². The third kappa shape index (κ3) is 4.23. The molecule has 0 atom stereocenters. The van der Waals surface area contributed by atoms with Crippen molar-refractivity contribution < 1.29 is 4.79 Å². The second-order valence-electron chi connectivity index (χ2n) is 4.17. The summed E-state index contributed by atoms with van der Waals surface area (Å²) in [5.41, 5.74) is 1.76. The third-order valence-corrected chi connectivity index (χ3v) is 5.11. The largest absolute Gasteiger partial charge is 0.380 e. The number of rotatable bonds is 5. The van der Waals surface area contributed by atoms with Gasteiger partial charge in [-0.15, -0.1) is 11.3 Å². The minimum atomic E-state index is 0.0103. The minimum absolute atomic E-state index is 0.0103. The molecule has 0 spiro atoms. The van der Waals surface area contributed by atoms with Crippen molar-refractivity contribution >= 4 is 56.1 Å². The van der Waals surface area contributed by atoms with Gasteiger partial charge in [-0.25, -0.2) is 0 Å². The predicted molar refractivity (Wildman–Crippen MR) is 89.7 cm³/mol. The van der Waals surface area contributed by atoms with Crippen LogP contribution in [0.25, 0.3) is 0 Å². The lowest BCUT2D eigenvalue weighted by Gasteiger charge is -2.08. The van der Waals surface area contributed by atoms with E-state index in [1.165, 1.54) is 11.3 Å². The highest BCUT2D eigenvalue weighted by atomic mass is 79.9. The van der Waals surface area contributed by atoms with Crippen LogP contribution in [0.2, 0.25) is 4.34 Å². The van der Waals surface area contributed by atoms with E-state index in [1.54, 1.807) is 0 Å². The van der Waals surface area contributed by atoms with Gasteiger partial charge < -0.3 is 10.6 Å². The number of carbonyl (C=O) groups excluding carboxylic acids is 1. The highest BCUT2D eigenvalue weighted by molar-refractivity contribution is 9.10. The molecule has 106 valence electrons. The summed E-state index contributed by atoms with van der Waals surface area (Å²) in [4.78, 5) is 12.5. The van der Waals surface area contributed by atoms with Crippen molar-refractivity contribution in [2.75, 3.05) is 10.6 Å². The number of hydrogen-bond donors (Lipinski definition) is 2. The molecule has 2 aromatic rings. The van der Waals surface area contributed by atoms with Crippen molar-refractivity contribution in [1.82, 2.24) is 0 Å². The maximum atomic E-state index is 11.4. The lowest BCUT2D eigenvalue weighted by atomic mass is 10.2. The number of carbonyl (C=O) groups is 1. The van der Waals surface area contributed by atoms with Gasteiger partial charge in [0, 0.05) is 33.7 Å². The molecular weight excluding hydrogens is 360 g/mol. The molecular formula is C14H14BrClN2OS. The summed E-state index contributed by atoms with van der Waals surface area (Å²) < 4.78 is 1.68. The normalized spacial score (nSPS) is 10.3. The van der Waals surface area contributed by atoms with Crippen LogP contribution in [0.5, 0.6) is 0 Å². The first-order chi connectivity index (χ1) is 9.58. The van der Waals surface area contributed by atoms with Crippen LogP contribution < -0.4 is 10.6 Å². The highest BCUT2D eigenvalue weighted by Crippen LogP contribution is 2.32. The Bertz CT molecular complexity index is 595. The van der Waals surface area contributed by atoms with Gasteiger partial charge in [0.15, 0.2) is 0 Å². The number of nitrogens with one attached hydrogen (secondary N) is 2. The van der Waals surface area contributed by atoms with E-state index in [0.29, 0.717) is 13.0 Å². The number of anilines is 2. The van der Waals surface area contributed by atoms with Gasteiger partial charge in [0.1, 0.15) is 4.34 Å². The zero-order chi connectivity index (χ0) is 14.5. The topological polar surface area (TPSA) is 41.1 Å². The van der Waals surface area contributed by atoms with Gasteiger partial charge in [-0.1, -0.05) is 24.6 Å². The molecule has 20 heavy (non-hydrogen) atoms. The van der Waals surface area contributed by atoms with E-state index in [2.05, 4.69) is 26.6 Å². The number of thiophene rings is 1. The molecule has 2 N–H and O–H groups in total. The molecule has 1 aromatic carbocycles. The molecule has 2 rings (SSSR count). The molecule has 1 amide bonds. The Morgan fingerprint density at radius 2 is 2.10 bits per heavy atom. The molecule has 1 aromatic heterocycles. The summed E-state index contributed by atoms with van der Waals surface area (Å²) in [6.07, 6.45) is 0.472. The van der Waals surface area contributed by atoms with Crippen LogP contribution in [0, 0.1) is 0 Å². The van der Waals surface area contributed by atoms with Crippen LogP contribution in [0.1, 0.15) is 18.2 Å². The number of hydrogen-bond acceptors (Lipinski definition) is 3. The Hall–Kier alpha value is -1.04. The van der Waals surface area contributed by atoms with Crippen molar-refractivity contribution in [3.63, 3.8) is 0 Å². The van der Waals surface area contributed by atoms with Gasteiger partial charge in [-0.2, -0.15) is 0 Å². The molecule has 0 aliphatic rings. The monoisotopic (exact) mass is 372 g/mol. The number of benzene rings is 1. The van der Waals surface area contributed by atoms with Gasteiger partial charge in [0.05, 0.1) is 0 Å². The van der Waals surface area contributed by atoms with E-state index in [1.807, 2.05) is 37.3 Å². The molecule has 3 nitrogen and oxygen atoms in total. The van der Waals surface area contributed by atoms with E-state index >= 15 is 0 Å². The number of halogens is 2. The maximum absolute atomic E-state index is 11.4. The molecule has 0 aliphatic heterocycles. The average Bonchev–Trinajstić information content (AvgIpc) is 2.76. The first-order valence-corrected chi connectivity index (χ1v) is 8.14. The van der Waals surface area contributed by atoms with Crippen LogP contribution in [0.3, 0.4) is 0 Å². The number of amides is 1. The van der Waals surface area contributed by atoms with Gasteiger partial charge >= 0.3 is 0 Å². The second kappa shape index (κ2) is 7.11. The smallest absolute Gasteiger partial charge is 0.224 e. The lowest BCUT2D eigenvalue weighted by Crippen LogP contribution is -2.09. The molecule has 6 heteroatoms. The second-order valence-corrected chi connectivity index (χ2v) is 6.76. The van der Waals surface area contributed by atoms with Crippen LogP contribution in [0.15, 0.2) is 34.8 Å². The zero-order valence-corrected chi connectivity index (χ0v) is 14.0. The Balaban J connectivity index is 1.99. The molecule has 0 saturated heterocycles. The third-order valence-electron chi connectivity index (χ3n) is 2.63. The van der Waals surface area contributed by atoms with Crippen molar-refractivity contribution in [3.8, 4) is 0 Å². The summed E-state index contributed by atoms with van der Waals surface area (Å²) in [7, 11) is 0. The fourth-order valence-electron chi connectivity index (χ4n) is 1.62. The molecule has 0 radical (unpaired) electrons. The molecule has 0 fully saturated rings. The summed E-state index contributed by atoms with van der Waals surface area (Å²) in [6.45, 7) is 2.52. The highest BCUT2D eigenvalue weighted by Gasteiger charge is 2.05. The summed E-state index contributed by atoms with van der Waals surface area (Å²) >= 11 is 10.9. The molecule has 0 saturated carbocycles. The fraction of sp³-hybridized carbons (Fsp3) is 0.214. The quantitative estimate of drug-likeness (QED) is 0.763. The first kappa shape index (κ1) is 15.4. The van der Waals surface area contributed by atoms with E-state index in [-0.39, 0.29) is 5.91 Å². The van der Waals surface area contributed by atoms with E-state index < -0.39 is 0 Å². The Kier molecular flexibility index (Phi) is 5.46. The van der Waals surface area contributed by atoms with Gasteiger partial charge in [-0.3, -0.25) is 4.79 Å².